The van der Waals surface area contributed by atoms with Crippen molar-refractivity contribution in [3.05, 3.63) is 0 Å². The van der Waals surface area contributed by atoms with Gasteiger partial charge in [0, 0.05) is 51.4 Å². The Hall–Kier alpha value is -0.160. The third-order valence-electron chi connectivity index (χ3n) is 4.60. The Bertz CT molecular complexity index is 246. The van der Waals surface area contributed by atoms with E-state index in [9.17, 15) is 0 Å². The van der Waals surface area contributed by atoms with Gasteiger partial charge in [0.25, 0.3) is 0 Å². The molecule has 0 spiro atoms. The zero-order chi connectivity index (χ0) is 13.0. The van der Waals surface area contributed by atoms with Gasteiger partial charge < -0.3 is 15.1 Å². The van der Waals surface area contributed by atoms with Crippen LogP contribution in [0.15, 0.2) is 0 Å². The van der Waals surface area contributed by atoms with Gasteiger partial charge in [0.1, 0.15) is 0 Å². The second-order valence-corrected chi connectivity index (χ2v) is 6.05. The molecule has 1 N–H and O–H groups in total. The van der Waals surface area contributed by atoms with Gasteiger partial charge in [-0.15, -0.1) is 0 Å². The van der Waals surface area contributed by atoms with E-state index in [1.165, 1.54) is 52.1 Å². The summed E-state index contributed by atoms with van der Waals surface area (Å²) in [4.78, 5) is 7.66. The molecule has 0 aromatic heterocycles. The molecule has 0 aliphatic carbocycles. The van der Waals surface area contributed by atoms with Crippen molar-refractivity contribution < 1.29 is 0 Å². The number of rotatable bonds is 3. The largest absolute Gasteiger partial charge is 0.313 e. The lowest BCUT2D eigenvalue weighted by atomic mass is 10.1. The first-order valence-electron chi connectivity index (χ1n) is 7.53. The van der Waals surface area contributed by atoms with Gasteiger partial charge in [-0.25, -0.2) is 0 Å². The van der Waals surface area contributed by atoms with Crippen molar-refractivity contribution in [3.8, 4) is 0 Å². The van der Waals surface area contributed by atoms with E-state index in [-0.39, 0.29) is 0 Å². The number of piperazine rings is 1. The fourth-order valence-electron chi connectivity index (χ4n) is 3.11. The van der Waals surface area contributed by atoms with Crippen LogP contribution in [0.5, 0.6) is 0 Å². The first-order chi connectivity index (χ1) is 8.69. The third kappa shape index (κ3) is 3.92. The zero-order valence-electron chi connectivity index (χ0n) is 12.4. The van der Waals surface area contributed by atoms with Gasteiger partial charge >= 0.3 is 0 Å². The van der Waals surface area contributed by atoms with Crippen LogP contribution in [-0.2, 0) is 0 Å². The fraction of sp³-hybridized carbons (Fsp3) is 1.00. The summed E-state index contributed by atoms with van der Waals surface area (Å²) in [5.41, 5.74) is 0. The molecule has 106 valence electrons. The number of hydrogen-bond donors (Lipinski definition) is 1. The van der Waals surface area contributed by atoms with Gasteiger partial charge in [-0.05, 0) is 33.5 Å². The summed E-state index contributed by atoms with van der Waals surface area (Å²) in [6, 6.07) is 1.45. The van der Waals surface area contributed by atoms with Crippen molar-refractivity contribution in [1.29, 1.82) is 0 Å². The minimum Gasteiger partial charge on any atom is -0.313 e. The highest BCUT2D eigenvalue weighted by Crippen LogP contribution is 2.10. The lowest BCUT2D eigenvalue weighted by molar-refractivity contribution is 0.0840. The topological polar surface area (TPSA) is 21.8 Å². The normalized spacial score (nSPS) is 33.5. The predicted octanol–water partition coefficient (Wildman–Crippen LogP) is 0.306. The molecule has 4 nitrogen and oxygen atoms in total. The molecule has 2 rings (SSSR count). The molecule has 2 fully saturated rings. The maximum Gasteiger partial charge on any atom is 0.0347 e. The van der Waals surface area contributed by atoms with Crippen molar-refractivity contribution >= 4 is 0 Å². The van der Waals surface area contributed by atoms with E-state index in [4.69, 9.17) is 0 Å². The quantitative estimate of drug-likeness (QED) is 0.782. The monoisotopic (exact) mass is 254 g/mol. The smallest absolute Gasteiger partial charge is 0.0347 e. The molecule has 2 saturated heterocycles. The summed E-state index contributed by atoms with van der Waals surface area (Å²) in [7, 11) is 4.53. The third-order valence-corrected chi connectivity index (χ3v) is 4.60. The van der Waals surface area contributed by atoms with Crippen LogP contribution in [-0.4, -0.2) is 86.7 Å². The molecular formula is C14H30N4. The fourth-order valence-corrected chi connectivity index (χ4v) is 3.11. The molecule has 0 radical (unpaired) electrons. The molecule has 0 bridgehead atoms. The zero-order valence-corrected chi connectivity index (χ0v) is 12.4. The van der Waals surface area contributed by atoms with Crippen LogP contribution >= 0.6 is 0 Å². The molecule has 0 aromatic carbocycles. The second kappa shape index (κ2) is 6.85. The van der Waals surface area contributed by atoms with Crippen LogP contribution in [0.4, 0.5) is 0 Å². The van der Waals surface area contributed by atoms with Crippen molar-refractivity contribution in [2.45, 2.75) is 31.8 Å². The highest BCUT2D eigenvalue weighted by atomic mass is 15.3. The Balaban J connectivity index is 1.81. The molecule has 0 amide bonds. The standard InChI is InChI=1S/C14H30N4/c1-4-13-5-7-18(8-6-15-13)12-14-11-16(2)9-10-17(14)3/h13-15H,4-12H2,1-3H3. The number of nitrogens with one attached hydrogen (secondary N) is 1. The Morgan fingerprint density at radius 1 is 1.11 bits per heavy atom. The number of nitrogens with zero attached hydrogens (tertiary/aromatic N) is 3. The van der Waals surface area contributed by atoms with Gasteiger partial charge in [0.2, 0.25) is 0 Å². The van der Waals surface area contributed by atoms with Gasteiger partial charge in [0.15, 0.2) is 0 Å². The van der Waals surface area contributed by atoms with Crippen LogP contribution in [0.1, 0.15) is 19.8 Å². The molecule has 0 aromatic rings. The highest BCUT2D eigenvalue weighted by Gasteiger charge is 2.25. The lowest BCUT2D eigenvalue weighted by Gasteiger charge is -2.40. The number of likely N-dealkylation sites (N-methyl/N-ethyl adjacent to an activating group) is 2. The lowest BCUT2D eigenvalue weighted by Crippen LogP contribution is -2.54. The minimum absolute atomic E-state index is 0.710. The maximum absolute atomic E-state index is 3.65. The molecule has 0 saturated carbocycles. The van der Waals surface area contributed by atoms with E-state index in [1.807, 2.05) is 0 Å². The first kappa shape index (κ1) is 14.3. The summed E-state index contributed by atoms with van der Waals surface area (Å²) in [5, 5.41) is 3.65. The van der Waals surface area contributed by atoms with E-state index >= 15 is 0 Å². The van der Waals surface area contributed by atoms with Gasteiger partial charge in [0.05, 0.1) is 0 Å². The van der Waals surface area contributed by atoms with Gasteiger partial charge in [-0.3, -0.25) is 4.90 Å². The molecule has 2 unspecified atom stereocenters. The molecule has 18 heavy (non-hydrogen) atoms. The summed E-state index contributed by atoms with van der Waals surface area (Å²) < 4.78 is 0. The molecular weight excluding hydrogens is 224 g/mol. The summed E-state index contributed by atoms with van der Waals surface area (Å²) in [5.74, 6) is 0. The molecule has 2 aliphatic heterocycles. The van der Waals surface area contributed by atoms with E-state index in [0.717, 1.165) is 12.6 Å². The van der Waals surface area contributed by atoms with Crippen molar-refractivity contribution in [3.63, 3.8) is 0 Å². The molecule has 2 atom stereocenters. The van der Waals surface area contributed by atoms with Crippen molar-refractivity contribution in [2.75, 3.05) is 59.9 Å². The molecule has 2 aliphatic rings. The summed E-state index contributed by atoms with van der Waals surface area (Å²) in [6.45, 7) is 10.8. The Labute approximate surface area is 112 Å². The minimum atomic E-state index is 0.710. The van der Waals surface area contributed by atoms with Crippen LogP contribution in [0.2, 0.25) is 0 Å². The van der Waals surface area contributed by atoms with E-state index in [0.29, 0.717) is 6.04 Å². The van der Waals surface area contributed by atoms with Crippen molar-refractivity contribution in [2.24, 2.45) is 0 Å². The van der Waals surface area contributed by atoms with Crippen molar-refractivity contribution in [1.82, 2.24) is 20.0 Å². The second-order valence-electron chi connectivity index (χ2n) is 6.05. The maximum atomic E-state index is 3.65. The Morgan fingerprint density at radius 3 is 2.72 bits per heavy atom. The molecule has 4 heteroatoms. The van der Waals surface area contributed by atoms with Crippen LogP contribution in [0.25, 0.3) is 0 Å². The van der Waals surface area contributed by atoms with E-state index in [1.54, 1.807) is 0 Å². The van der Waals surface area contributed by atoms with Crippen LogP contribution in [0.3, 0.4) is 0 Å². The first-order valence-corrected chi connectivity index (χ1v) is 7.53. The van der Waals surface area contributed by atoms with Crippen LogP contribution in [0, 0.1) is 0 Å². The highest BCUT2D eigenvalue weighted by molar-refractivity contribution is 4.83. The summed E-state index contributed by atoms with van der Waals surface area (Å²) in [6.07, 6.45) is 2.57. The Kier molecular flexibility index (Phi) is 5.42. The molecule has 2 heterocycles. The SMILES string of the molecule is CCC1CCN(CC2CN(C)CCN2C)CCN1. The predicted molar refractivity (Wildman–Crippen MR) is 77.1 cm³/mol. The van der Waals surface area contributed by atoms with E-state index in [2.05, 4.69) is 41.0 Å². The van der Waals surface area contributed by atoms with Gasteiger partial charge in [-0.2, -0.15) is 0 Å². The van der Waals surface area contributed by atoms with Crippen LogP contribution < -0.4 is 5.32 Å². The Morgan fingerprint density at radius 2 is 1.94 bits per heavy atom. The average Bonchev–Trinajstić information content (AvgIpc) is 2.59. The number of hydrogen-bond acceptors (Lipinski definition) is 4. The van der Waals surface area contributed by atoms with Gasteiger partial charge in [-0.1, -0.05) is 6.92 Å². The average molecular weight is 254 g/mol. The van der Waals surface area contributed by atoms with E-state index < -0.39 is 0 Å². The summed E-state index contributed by atoms with van der Waals surface area (Å²) >= 11 is 0.